The van der Waals surface area contributed by atoms with Crippen LogP contribution in [-0.4, -0.2) is 89.0 Å². The minimum absolute atomic E-state index is 0.213. The molecule has 1 aliphatic rings. The van der Waals surface area contributed by atoms with E-state index in [4.69, 9.17) is 18.9 Å². The van der Waals surface area contributed by atoms with Crippen LogP contribution in [0.2, 0.25) is 0 Å². The molecule has 0 unspecified atom stereocenters. The van der Waals surface area contributed by atoms with Crippen LogP contribution in [0.15, 0.2) is 0 Å². The third-order valence-corrected chi connectivity index (χ3v) is 7.99. The Hall–Kier alpha value is -1.30. The Morgan fingerprint density at radius 3 is 1.58 bits per heavy atom. The van der Waals surface area contributed by atoms with E-state index in [-0.39, 0.29) is 32.0 Å². The molecule has 10 nitrogen and oxygen atoms in total. The van der Waals surface area contributed by atoms with Crippen LogP contribution in [0.4, 0.5) is 0 Å². The summed E-state index contributed by atoms with van der Waals surface area (Å²) in [5, 5.41) is 39.6. The van der Waals surface area contributed by atoms with Gasteiger partial charge >= 0.3 is 11.9 Å². The summed E-state index contributed by atoms with van der Waals surface area (Å²) in [6.07, 6.45) is 13.1. The number of carbonyl (C=O) groups is 2. The summed E-state index contributed by atoms with van der Waals surface area (Å²) in [4.78, 5) is 24.8. The molecule has 0 aromatic carbocycles. The Morgan fingerprint density at radius 1 is 0.628 bits per heavy atom. The number of hydrogen-bond donors (Lipinski definition) is 4. The molecule has 1 rings (SSSR count). The second-order valence-corrected chi connectivity index (χ2v) is 12.0. The standard InChI is InChI=1S/C33H62O10/c1-3-5-7-9-10-11-12-13-14-15-16-18-20-22-29(36)42-26(24-40-28(35)21-19-17-8-6-4-2)25-41-33-32(39)31(38)30(37)27(23-34)43-33/h26-27,30-34,37-39H,3-25H2,1-2H3/t26-,27-,30+,31+,32-,33-/m1/s1. The second kappa shape index (κ2) is 26.0. The van der Waals surface area contributed by atoms with Crippen LogP contribution in [-0.2, 0) is 28.5 Å². The quantitative estimate of drug-likeness (QED) is 0.0723. The maximum atomic E-state index is 12.6. The van der Waals surface area contributed by atoms with E-state index in [1.54, 1.807) is 0 Å². The molecule has 0 aromatic rings. The lowest BCUT2D eigenvalue weighted by molar-refractivity contribution is -0.305. The van der Waals surface area contributed by atoms with Crippen LogP contribution in [0.5, 0.6) is 0 Å². The van der Waals surface area contributed by atoms with Crippen LogP contribution >= 0.6 is 0 Å². The van der Waals surface area contributed by atoms with Gasteiger partial charge in [0.1, 0.15) is 31.0 Å². The number of ether oxygens (including phenoxy) is 4. The van der Waals surface area contributed by atoms with Gasteiger partial charge in [0.2, 0.25) is 0 Å². The van der Waals surface area contributed by atoms with Gasteiger partial charge in [-0.2, -0.15) is 0 Å². The molecule has 4 N–H and O–H groups in total. The Morgan fingerprint density at radius 2 is 1.09 bits per heavy atom. The van der Waals surface area contributed by atoms with E-state index in [0.717, 1.165) is 51.4 Å². The maximum Gasteiger partial charge on any atom is 0.306 e. The third kappa shape index (κ3) is 19.0. The van der Waals surface area contributed by atoms with Crippen molar-refractivity contribution in [2.24, 2.45) is 0 Å². The first kappa shape index (κ1) is 39.7. The van der Waals surface area contributed by atoms with Gasteiger partial charge in [-0.3, -0.25) is 9.59 Å². The fourth-order valence-electron chi connectivity index (χ4n) is 5.19. The topological polar surface area (TPSA) is 152 Å². The second-order valence-electron chi connectivity index (χ2n) is 12.0. The molecule has 0 aromatic heterocycles. The highest BCUT2D eigenvalue weighted by molar-refractivity contribution is 5.70. The summed E-state index contributed by atoms with van der Waals surface area (Å²) >= 11 is 0. The Bertz CT molecular complexity index is 689. The molecule has 0 saturated carbocycles. The molecule has 0 bridgehead atoms. The van der Waals surface area contributed by atoms with Crippen molar-refractivity contribution in [3.8, 4) is 0 Å². The summed E-state index contributed by atoms with van der Waals surface area (Å²) in [5.74, 6) is -0.817. The lowest BCUT2D eigenvalue weighted by Crippen LogP contribution is -2.59. The fourth-order valence-corrected chi connectivity index (χ4v) is 5.19. The zero-order chi connectivity index (χ0) is 31.7. The predicted octanol–water partition coefficient (Wildman–Crippen LogP) is 5.10. The molecule has 1 aliphatic heterocycles. The molecule has 1 fully saturated rings. The van der Waals surface area contributed by atoms with Gasteiger partial charge in [-0.05, 0) is 12.8 Å². The summed E-state index contributed by atoms with van der Waals surface area (Å²) in [5.41, 5.74) is 0. The highest BCUT2D eigenvalue weighted by Gasteiger charge is 2.44. The summed E-state index contributed by atoms with van der Waals surface area (Å²) in [6.45, 7) is 3.30. The molecule has 0 amide bonds. The van der Waals surface area contributed by atoms with Crippen LogP contribution in [0.3, 0.4) is 0 Å². The van der Waals surface area contributed by atoms with E-state index in [0.29, 0.717) is 6.42 Å². The van der Waals surface area contributed by atoms with Crippen molar-refractivity contribution in [1.82, 2.24) is 0 Å². The minimum Gasteiger partial charge on any atom is -0.462 e. The molecule has 0 aliphatic carbocycles. The number of aliphatic hydroxyl groups excluding tert-OH is 4. The Kier molecular flexibility index (Phi) is 24.0. The van der Waals surface area contributed by atoms with Crippen LogP contribution in [0.25, 0.3) is 0 Å². The van der Waals surface area contributed by atoms with Crippen LogP contribution in [0.1, 0.15) is 142 Å². The number of esters is 2. The Labute approximate surface area is 259 Å². The van der Waals surface area contributed by atoms with Gasteiger partial charge in [-0.15, -0.1) is 0 Å². The van der Waals surface area contributed by atoms with E-state index >= 15 is 0 Å². The smallest absolute Gasteiger partial charge is 0.306 e. The lowest BCUT2D eigenvalue weighted by atomic mass is 9.99. The molecule has 10 heteroatoms. The first-order valence-electron chi connectivity index (χ1n) is 17.1. The normalized spacial score (nSPS) is 22.8. The number of unbranched alkanes of at least 4 members (excludes halogenated alkanes) is 16. The molecule has 254 valence electrons. The zero-order valence-electron chi connectivity index (χ0n) is 27.0. The number of hydrogen-bond acceptors (Lipinski definition) is 10. The van der Waals surface area contributed by atoms with Gasteiger partial charge in [0.05, 0.1) is 13.2 Å². The SMILES string of the molecule is CCCCCCCCCCCCCCCC(=O)O[C@H](COC(=O)CCCCCCC)CO[C@@H]1O[C@H](CO)[C@H](O)[C@H](O)[C@H]1O. The highest BCUT2D eigenvalue weighted by Crippen LogP contribution is 2.22. The van der Waals surface area contributed by atoms with Gasteiger partial charge in [0.15, 0.2) is 12.4 Å². The number of rotatable bonds is 27. The van der Waals surface area contributed by atoms with E-state index in [2.05, 4.69) is 13.8 Å². The summed E-state index contributed by atoms with van der Waals surface area (Å²) in [6, 6.07) is 0. The van der Waals surface area contributed by atoms with Crippen LogP contribution in [0, 0.1) is 0 Å². The van der Waals surface area contributed by atoms with Gasteiger partial charge in [0, 0.05) is 12.8 Å². The van der Waals surface area contributed by atoms with Crippen molar-refractivity contribution in [2.45, 2.75) is 179 Å². The van der Waals surface area contributed by atoms with E-state index in [9.17, 15) is 30.0 Å². The first-order valence-corrected chi connectivity index (χ1v) is 17.1. The summed E-state index contributed by atoms with van der Waals surface area (Å²) in [7, 11) is 0. The average Bonchev–Trinajstić information content (AvgIpc) is 3.00. The van der Waals surface area contributed by atoms with Crippen molar-refractivity contribution >= 4 is 11.9 Å². The highest BCUT2D eigenvalue weighted by atomic mass is 16.7. The monoisotopic (exact) mass is 618 g/mol. The Balaban J connectivity index is 2.40. The average molecular weight is 619 g/mol. The molecule has 6 atom stereocenters. The minimum atomic E-state index is -1.59. The molecule has 1 heterocycles. The largest absolute Gasteiger partial charge is 0.462 e. The van der Waals surface area contributed by atoms with Gasteiger partial charge < -0.3 is 39.4 Å². The van der Waals surface area contributed by atoms with Crippen LogP contribution < -0.4 is 0 Å². The zero-order valence-corrected chi connectivity index (χ0v) is 27.0. The van der Waals surface area contributed by atoms with Crippen molar-refractivity contribution < 1.29 is 49.0 Å². The van der Waals surface area contributed by atoms with Crippen molar-refractivity contribution in [3.63, 3.8) is 0 Å². The van der Waals surface area contributed by atoms with Gasteiger partial charge in [-0.1, -0.05) is 117 Å². The lowest BCUT2D eigenvalue weighted by Gasteiger charge is -2.39. The molecular weight excluding hydrogens is 556 g/mol. The third-order valence-electron chi connectivity index (χ3n) is 7.99. The number of carbonyl (C=O) groups excluding carboxylic acids is 2. The van der Waals surface area contributed by atoms with Gasteiger partial charge in [0.25, 0.3) is 0 Å². The molecule has 43 heavy (non-hydrogen) atoms. The van der Waals surface area contributed by atoms with Crippen molar-refractivity contribution in [3.05, 3.63) is 0 Å². The predicted molar refractivity (Wildman–Crippen MR) is 164 cm³/mol. The van der Waals surface area contributed by atoms with E-state index in [1.807, 2.05) is 0 Å². The maximum absolute atomic E-state index is 12.6. The van der Waals surface area contributed by atoms with E-state index in [1.165, 1.54) is 57.8 Å². The fraction of sp³-hybridized carbons (Fsp3) is 0.939. The summed E-state index contributed by atoms with van der Waals surface area (Å²) < 4.78 is 21.8. The van der Waals surface area contributed by atoms with Crippen molar-refractivity contribution in [1.29, 1.82) is 0 Å². The number of aliphatic hydroxyl groups is 4. The molecular formula is C33H62O10. The first-order chi connectivity index (χ1) is 20.8. The molecule has 0 spiro atoms. The van der Waals surface area contributed by atoms with E-state index < -0.39 is 49.4 Å². The van der Waals surface area contributed by atoms with Gasteiger partial charge in [-0.25, -0.2) is 0 Å². The molecule has 1 saturated heterocycles. The molecule has 0 radical (unpaired) electrons. The van der Waals surface area contributed by atoms with Crippen molar-refractivity contribution in [2.75, 3.05) is 19.8 Å².